The van der Waals surface area contributed by atoms with Crippen molar-refractivity contribution in [1.29, 1.82) is 0 Å². The Balaban J connectivity index is 1.77. The van der Waals surface area contributed by atoms with Crippen molar-refractivity contribution in [1.82, 2.24) is 10.2 Å². The van der Waals surface area contributed by atoms with Gasteiger partial charge >= 0.3 is 5.97 Å². The fourth-order valence-electron chi connectivity index (χ4n) is 2.00. The van der Waals surface area contributed by atoms with Crippen LogP contribution in [0.4, 0.5) is 5.82 Å². The summed E-state index contributed by atoms with van der Waals surface area (Å²) < 4.78 is 5.28. The van der Waals surface area contributed by atoms with E-state index in [1.165, 1.54) is 6.07 Å². The number of nitrogens with zero attached hydrogens (tertiary/aromatic N) is 1. The molecule has 0 spiro atoms. The molecule has 102 valence electrons. The van der Waals surface area contributed by atoms with E-state index in [1.807, 2.05) is 6.07 Å². The van der Waals surface area contributed by atoms with E-state index in [0.717, 1.165) is 11.1 Å². The number of rotatable bonds is 3. The van der Waals surface area contributed by atoms with Crippen LogP contribution in [-0.2, 0) is 18.0 Å². The van der Waals surface area contributed by atoms with Crippen LogP contribution in [0.3, 0.4) is 0 Å². The summed E-state index contributed by atoms with van der Waals surface area (Å²) in [6.45, 7) is 1.07. The number of carboxylic acid groups (broad SMARTS) is 1. The zero-order chi connectivity index (χ0) is 14.1. The van der Waals surface area contributed by atoms with Crippen LogP contribution in [0.1, 0.15) is 32.0 Å². The second-order valence-corrected chi connectivity index (χ2v) is 4.40. The SMILES string of the molecule is O=C(Nc1cc(C(=O)O)[nH]n1)c1ccc2c(c1)COC2. The van der Waals surface area contributed by atoms with E-state index in [4.69, 9.17) is 9.84 Å². The summed E-state index contributed by atoms with van der Waals surface area (Å²) in [5.41, 5.74) is 2.47. The number of amides is 1. The van der Waals surface area contributed by atoms with Crippen LogP contribution in [0.15, 0.2) is 24.3 Å². The van der Waals surface area contributed by atoms with Crippen LogP contribution in [0, 0.1) is 0 Å². The molecule has 2 heterocycles. The standard InChI is InChI=1S/C13H11N3O4/c17-12(14-11-4-10(13(18)19)15-16-11)7-1-2-8-5-20-6-9(8)3-7/h1-4H,5-6H2,(H,18,19)(H2,14,15,16,17). The second kappa shape index (κ2) is 4.78. The number of carbonyl (C=O) groups is 2. The third-order valence-corrected chi connectivity index (χ3v) is 3.03. The van der Waals surface area contributed by atoms with Gasteiger partial charge in [0.1, 0.15) is 5.69 Å². The Bertz CT molecular complexity index is 693. The monoisotopic (exact) mass is 273 g/mol. The molecule has 2 aromatic rings. The third-order valence-electron chi connectivity index (χ3n) is 3.03. The number of aromatic nitrogens is 2. The van der Waals surface area contributed by atoms with Crippen LogP contribution in [0.5, 0.6) is 0 Å². The molecule has 7 heteroatoms. The highest BCUT2D eigenvalue weighted by molar-refractivity contribution is 6.04. The summed E-state index contributed by atoms with van der Waals surface area (Å²) in [5, 5.41) is 17.3. The Hall–Kier alpha value is -2.67. The first kappa shape index (κ1) is 12.4. The zero-order valence-electron chi connectivity index (χ0n) is 10.3. The van der Waals surface area contributed by atoms with Crippen molar-refractivity contribution in [2.24, 2.45) is 0 Å². The Kier molecular flexibility index (Phi) is 2.96. The van der Waals surface area contributed by atoms with Gasteiger partial charge in [0, 0.05) is 11.6 Å². The lowest BCUT2D eigenvalue weighted by molar-refractivity contribution is 0.0690. The van der Waals surface area contributed by atoms with Gasteiger partial charge in [0.2, 0.25) is 0 Å². The Morgan fingerprint density at radius 2 is 2.05 bits per heavy atom. The summed E-state index contributed by atoms with van der Waals surface area (Å²) in [6, 6.07) is 6.58. The maximum Gasteiger partial charge on any atom is 0.353 e. The van der Waals surface area contributed by atoms with Crippen LogP contribution in [-0.4, -0.2) is 27.2 Å². The predicted molar refractivity (Wildman–Crippen MR) is 68.4 cm³/mol. The number of benzene rings is 1. The van der Waals surface area contributed by atoms with Crippen molar-refractivity contribution in [3.05, 3.63) is 46.6 Å². The smallest absolute Gasteiger partial charge is 0.353 e. The van der Waals surface area contributed by atoms with Crippen molar-refractivity contribution in [3.8, 4) is 0 Å². The molecular formula is C13H11N3O4. The number of nitrogens with one attached hydrogen (secondary N) is 2. The molecule has 1 aliphatic heterocycles. The molecule has 0 radical (unpaired) electrons. The molecule has 0 unspecified atom stereocenters. The molecule has 20 heavy (non-hydrogen) atoms. The summed E-state index contributed by atoms with van der Waals surface area (Å²) in [5.74, 6) is -1.31. The lowest BCUT2D eigenvalue weighted by atomic mass is 10.1. The predicted octanol–water partition coefficient (Wildman–Crippen LogP) is 1.39. The van der Waals surface area contributed by atoms with Gasteiger partial charge in [-0.2, -0.15) is 5.10 Å². The Morgan fingerprint density at radius 1 is 1.25 bits per heavy atom. The maximum absolute atomic E-state index is 12.0. The largest absolute Gasteiger partial charge is 0.477 e. The number of fused-ring (bicyclic) bond motifs is 1. The highest BCUT2D eigenvalue weighted by Crippen LogP contribution is 2.21. The van der Waals surface area contributed by atoms with Gasteiger partial charge in [0.25, 0.3) is 5.91 Å². The van der Waals surface area contributed by atoms with Crippen molar-refractivity contribution in [2.45, 2.75) is 13.2 Å². The van der Waals surface area contributed by atoms with Gasteiger partial charge in [-0.15, -0.1) is 0 Å². The highest BCUT2D eigenvalue weighted by atomic mass is 16.5. The van der Waals surface area contributed by atoms with E-state index in [-0.39, 0.29) is 17.4 Å². The van der Waals surface area contributed by atoms with E-state index >= 15 is 0 Å². The number of carboxylic acids is 1. The zero-order valence-corrected chi connectivity index (χ0v) is 10.3. The summed E-state index contributed by atoms with van der Waals surface area (Å²) >= 11 is 0. The molecule has 1 aromatic heterocycles. The molecule has 0 atom stereocenters. The third kappa shape index (κ3) is 2.26. The van der Waals surface area contributed by atoms with Gasteiger partial charge in [-0.05, 0) is 23.3 Å². The van der Waals surface area contributed by atoms with Crippen molar-refractivity contribution in [3.63, 3.8) is 0 Å². The summed E-state index contributed by atoms with van der Waals surface area (Å²) in [7, 11) is 0. The average molecular weight is 273 g/mol. The number of H-pyrrole nitrogens is 1. The Morgan fingerprint density at radius 3 is 2.80 bits per heavy atom. The average Bonchev–Trinajstić information content (AvgIpc) is 3.05. The molecule has 1 aromatic carbocycles. The first-order valence-electron chi connectivity index (χ1n) is 5.93. The minimum Gasteiger partial charge on any atom is -0.477 e. The Labute approximate surface area is 113 Å². The first-order chi connectivity index (χ1) is 9.63. The molecule has 0 aliphatic carbocycles. The number of ether oxygens (including phenoxy) is 1. The van der Waals surface area contributed by atoms with Crippen LogP contribution >= 0.6 is 0 Å². The van der Waals surface area contributed by atoms with E-state index < -0.39 is 5.97 Å². The molecule has 0 saturated heterocycles. The van der Waals surface area contributed by atoms with Crippen molar-refractivity contribution < 1.29 is 19.4 Å². The fourth-order valence-corrected chi connectivity index (χ4v) is 2.00. The van der Waals surface area contributed by atoms with Crippen LogP contribution in [0.25, 0.3) is 0 Å². The number of anilines is 1. The molecule has 0 saturated carbocycles. The minimum absolute atomic E-state index is 0.0809. The van der Waals surface area contributed by atoms with Gasteiger partial charge in [0.05, 0.1) is 13.2 Å². The van der Waals surface area contributed by atoms with Gasteiger partial charge in [-0.3, -0.25) is 9.89 Å². The van der Waals surface area contributed by atoms with Crippen LogP contribution < -0.4 is 5.32 Å². The normalized spacial score (nSPS) is 13.0. The number of hydrogen-bond donors (Lipinski definition) is 3. The molecule has 1 amide bonds. The fraction of sp³-hybridized carbons (Fsp3) is 0.154. The second-order valence-electron chi connectivity index (χ2n) is 4.40. The van der Waals surface area contributed by atoms with Gasteiger partial charge < -0.3 is 15.2 Å². The van der Waals surface area contributed by atoms with Crippen molar-refractivity contribution >= 4 is 17.7 Å². The van der Waals surface area contributed by atoms with E-state index in [9.17, 15) is 9.59 Å². The molecule has 0 fully saturated rings. The molecular weight excluding hydrogens is 262 g/mol. The molecule has 3 N–H and O–H groups in total. The van der Waals surface area contributed by atoms with Gasteiger partial charge in [0.15, 0.2) is 5.82 Å². The molecule has 7 nitrogen and oxygen atoms in total. The summed E-state index contributed by atoms with van der Waals surface area (Å²) in [4.78, 5) is 22.7. The number of aromatic carboxylic acids is 1. The van der Waals surface area contributed by atoms with E-state index in [1.54, 1.807) is 12.1 Å². The van der Waals surface area contributed by atoms with E-state index in [2.05, 4.69) is 15.5 Å². The minimum atomic E-state index is -1.13. The van der Waals surface area contributed by atoms with Gasteiger partial charge in [-0.25, -0.2) is 4.79 Å². The lowest BCUT2D eigenvalue weighted by Crippen LogP contribution is -2.12. The number of hydrogen-bond acceptors (Lipinski definition) is 4. The molecule has 0 bridgehead atoms. The number of aromatic amines is 1. The summed E-state index contributed by atoms with van der Waals surface area (Å²) in [6.07, 6.45) is 0. The maximum atomic E-state index is 12.0. The lowest BCUT2D eigenvalue weighted by Gasteiger charge is -2.03. The van der Waals surface area contributed by atoms with E-state index in [0.29, 0.717) is 18.8 Å². The number of carbonyl (C=O) groups excluding carboxylic acids is 1. The van der Waals surface area contributed by atoms with Crippen LogP contribution in [0.2, 0.25) is 0 Å². The topological polar surface area (TPSA) is 104 Å². The molecule has 1 aliphatic rings. The van der Waals surface area contributed by atoms with Gasteiger partial charge in [-0.1, -0.05) is 6.07 Å². The highest BCUT2D eigenvalue weighted by Gasteiger charge is 2.15. The molecule has 3 rings (SSSR count). The quantitative estimate of drug-likeness (QED) is 0.783. The van der Waals surface area contributed by atoms with Crippen molar-refractivity contribution in [2.75, 3.05) is 5.32 Å². The first-order valence-corrected chi connectivity index (χ1v) is 5.93.